The van der Waals surface area contributed by atoms with Crippen LogP contribution in [0.3, 0.4) is 0 Å². The monoisotopic (exact) mass is 266 g/mol. The van der Waals surface area contributed by atoms with E-state index in [1.807, 2.05) is 0 Å². The summed E-state index contributed by atoms with van der Waals surface area (Å²) < 4.78 is 12.9. The third kappa shape index (κ3) is 4.89. The van der Waals surface area contributed by atoms with Crippen LogP contribution in [0.2, 0.25) is 0 Å². The number of rotatable bonds is 7. The van der Waals surface area contributed by atoms with Crippen molar-refractivity contribution >= 4 is 11.6 Å². The number of nitrogens with two attached hydrogens (primary N) is 1. The number of amides is 1. The van der Waals surface area contributed by atoms with Gasteiger partial charge in [0.2, 0.25) is 0 Å². The van der Waals surface area contributed by atoms with E-state index in [1.54, 1.807) is 0 Å². The van der Waals surface area contributed by atoms with Gasteiger partial charge in [-0.15, -0.1) is 0 Å². The summed E-state index contributed by atoms with van der Waals surface area (Å²) in [6, 6.07) is 4.03. The first-order valence-electron chi connectivity index (χ1n) is 6.94. The van der Waals surface area contributed by atoms with Crippen LogP contribution < -0.4 is 11.1 Å². The molecule has 4 heteroatoms. The van der Waals surface area contributed by atoms with E-state index < -0.39 is 5.82 Å². The molecule has 0 bridgehead atoms. The molecule has 0 radical (unpaired) electrons. The summed E-state index contributed by atoms with van der Waals surface area (Å²) in [6.07, 6.45) is 5.14. The van der Waals surface area contributed by atoms with Gasteiger partial charge in [-0.25, -0.2) is 4.39 Å². The van der Waals surface area contributed by atoms with E-state index in [4.69, 9.17) is 5.73 Å². The fraction of sp³-hybridized carbons (Fsp3) is 0.533. The molecular formula is C15H23FN2O. The Kier molecular flexibility index (Phi) is 6.33. The molecule has 3 N–H and O–H groups in total. The first-order chi connectivity index (χ1) is 9.08. The summed E-state index contributed by atoms with van der Waals surface area (Å²) >= 11 is 0. The third-order valence-corrected chi connectivity index (χ3v) is 3.14. The van der Waals surface area contributed by atoms with Gasteiger partial charge in [-0.3, -0.25) is 4.79 Å². The molecule has 0 aliphatic rings. The highest BCUT2D eigenvalue weighted by molar-refractivity contribution is 5.99. The Hall–Kier alpha value is -1.58. The normalized spacial score (nSPS) is 12.2. The second-order valence-corrected chi connectivity index (χ2v) is 4.83. The molecule has 3 nitrogen and oxygen atoms in total. The van der Waals surface area contributed by atoms with E-state index in [0.717, 1.165) is 32.1 Å². The second kappa shape index (κ2) is 7.77. The smallest absolute Gasteiger partial charge is 0.253 e. The number of hydrogen-bond acceptors (Lipinski definition) is 2. The maximum Gasteiger partial charge on any atom is 0.253 e. The Morgan fingerprint density at radius 3 is 2.63 bits per heavy atom. The molecule has 0 aliphatic heterocycles. The summed E-state index contributed by atoms with van der Waals surface area (Å²) in [5.41, 5.74) is 6.20. The highest BCUT2D eigenvalue weighted by Gasteiger charge is 2.15. The minimum atomic E-state index is -0.426. The lowest BCUT2D eigenvalue weighted by atomic mass is 10.0. The minimum absolute atomic E-state index is 0.168. The van der Waals surface area contributed by atoms with Crippen LogP contribution in [0.5, 0.6) is 0 Å². The van der Waals surface area contributed by atoms with Crippen molar-refractivity contribution in [3.63, 3.8) is 0 Å². The van der Waals surface area contributed by atoms with Crippen LogP contribution in [0.1, 0.15) is 56.3 Å². The first kappa shape index (κ1) is 15.5. The Morgan fingerprint density at radius 2 is 2.05 bits per heavy atom. The Bertz CT molecular complexity index is 421. The van der Waals surface area contributed by atoms with E-state index in [2.05, 4.69) is 19.2 Å². The van der Waals surface area contributed by atoms with Gasteiger partial charge in [-0.2, -0.15) is 0 Å². The molecule has 0 saturated heterocycles. The van der Waals surface area contributed by atoms with Gasteiger partial charge in [0, 0.05) is 11.7 Å². The highest BCUT2D eigenvalue weighted by atomic mass is 19.1. The summed E-state index contributed by atoms with van der Waals surface area (Å²) in [5.74, 6) is -0.641. The van der Waals surface area contributed by atoms with Gasteiger partial charge < -0.3 is 11.1 Å². The molecule has 0 saturated carbocycles. The number of benzene rings is 1. The van der Waals surface area contributed by atoms with E-state index in [9.17, 15) is 9.18 Å². The molecule has 19 heavy (non-hydrogen) atoms. The molecule has 0 fully saturated rings. The molecular weight excluding hydrogens is 243 g/mol. The summed E-state index contributed by atoms with van der Waals surface area (Å²) in [4.78, 5) is 12.1. The molecule has 1 aromatic carbocycles. The maximum atomic E-state index is 12.9. The van der Waals surface area contributed by atoms with Crippen LogP contribution in [-0.2, 0) is 0 Å². The van der Waals surface area contributed by atoms with Crippen LogP contribution in [0, 0.1) is 5.82 Å². The van der Waals surface area contributed by atoms with E-state index in [0.29, 0.717) is 5.56 Å². The number of hydrogen-bond donors (Lipinski definition) is 2. The maximum absolute atomic E-state index is 12.9. The van der Waals surface area contributed by atoms with Crippen LogP contribution in [-0.4, -0.2) is 11.9 Å². The zero-order valence-electron chi connectivity index (χ0n) is 11.7. The van der Waals surface area contributed by atoms with Crippen LogP contribution >= 0.6 is 0 Å². The lowest BCUT2D eigenvalue weighted by Crippen LogP contribution is -2.35. The van der Waals surface area contributed by atoms with Gasteiger partial charge in [-0.05, 0) is 31.0 Å². The lowest BCUT2D eigenvalue weighted by molar-refractivity contribution is 0.0933. The average Bonchev–Trinajstić information content (AvgIpc) is 2.36. The zero-order valence-corrected chi connectivity index (χ0v) is 11.7. The number of carbonyl (C=O) groups is 1. The standard InChI is InChI=1S/C15H23FN2O/c1-3-5-7-12(6-4-2)18-15(19)13-9-8-11(16)10-14(13)17/h8-10,12H,3-7,17H2,1-2H3,(H,18,19). The number of unbranched alkanes of at least 4 members (excludes halogenated alkanes) is 1. The van der Waals surface area contributed by atoms with E-state index in [1.165, 1.54) is 18.2 Å². The van der Waals surface area contributed by atoms with E-state index >= 15 is 0 Å². The number of nitrogens with one attached hydrogen (secondary N) is 1. The van der Waals surface area contributed by atoms with E-state index in [-0.39, 0.29) is 17.6 Å². The second-order valence-electron chi connectivity index (χ2n) is 4.83. The van der Waals surface area contributed by atoms with Crippen LogP contribution in [0.25, 0.3) is 0 Å². The third-order valence-electron chi connectivity index (χ3n) is 3.14. The SMILES string of the molecule is CCCCC(CCC)NC(=O)c1ccc(F)cc1N. The Balaban J connectivity index is 2.69. The molecule has 1 rings (SSSR count). The lowest BCUT2D eigenvalue weighted by Gasteiger charge is -2.18. The van der Waals surface area contributed by atoms with Crippen molar-refractivity contribution in [2.75, 3.05) is 5.73 Å². The van der Waals surface area contributed by atoms with Crippen molar-refractivity contribution in [1.29, 1.82) is 0 Å². The van der Waals surface area contributed by atoms with Gasteiger partial charge in [0.1, 0.15) is 5.82 Å². The number of anilines is 1. The van der Waals surface area contributed by atoms with Crippen molar-refractivity contribution in [1.82, 2.24) is 5.32 Å². The molecule has 0 aromatic heterocycles. The highest BCUT2D eigenvalue weighted by Crippen LogP contribution is 2.15. The molecule has 106 valence electrons. The average molecular weight is 266 g/mol. The molecule has 1 unspecified atom stereocenters. The van der Waals surface area contributed by atoms with Crippen molar-refractivity contribution < 1.29 is 9.18 Å². The molecule has 1 aromatic rings. The zero-order chi connectivity index (χ0) is 14.3. The van der Waals surface area contributed by atoms with Crippen molar-refractivity contribution in [3.05, 3.63) is 29.6 Å². The largest absolute Gasteiger partial charge is 0.398 e. The van der Waals surface area contributed by atoms with Gasteiger partial charge in [0.15, 0.2) is 0 Å². The fourth-order valence-electron chi connectivity index (χ4n) is 2.09. The minimum Gasteiger partial charge on any atom is -0.398 e. The predicted molar refractivity (Wildman–Crippen MR) is 76.5 cm³/mol. The van der Waals surface area contributed by atoms with Crippen molar-refractivity contribution in [3.8, 4) is 0 Å². The Morgan fingerprint density at radius 1 is 1.32 bits per heavy atom. The molecule has 1 amide bonds. The topological polar surface area (TPSA) is 55.1 Å². The summed E-state index contributed by atoms with van der Waals surface area (Å²) in [5, 5.41) is 2.99. The molecule has 1 atom stereocenters. The van der Waals surface area contributed by atoms with Gasteiger partial charge in [-0.1, -0.05) is 33.1 Å². The van der Waals surface area contributed by atoms with Gasteiger partial charge in [0.25, 0.3) is 5.91 Å². The number of carbonyl (C=O) groups excluding carboxylic acids is 1. The quantitative estimate of drug-likeness (QED) is 0.742. The van der Waals surface area contributed by atoms with Crippen molar-refractivity contribution in [2.24, 2.45) is 0 Å². The van der Waals surface area contributed by atoms with Gasteiger partial charge >= 0.3 is 0 Å². The molecule has 0 aliphatic carbocycles. The first-order valence-corrected chi connectivity index (χ1v) is 6.94. The fourth-order valence-corrected chi connectivity index (χ4v) is 2.09. The van der Waals surface area contributed by atoms with Crippen LogP contribution in [0.15, 0.2) is 18.2 Å². The van der Waals surface area contributed by atoms with Crippen molar-refractivity contribution in [2.45, 2.75) is 52.0 Å². The molecule has 0 heterocycles. The summed E-state index contributed by atoms with van der Waals surface area (Å²) in [7, 11) is 0. The predicted octanol–water partition coefficient (Wildman–Crippen LogP) is 3.50. The molecule has 0 spiro atoms. The number of nitrogen functional groups attached to an aromatic ring is 1. The number of halogens is 1. The van der Waals surface area contributed by atoms with Crippen LogP contribution in [0.4, 0.5) is 10.1 Å². The Labute approximate surface area is 114 Å². The summed E-state index contributed by atoms with van der Waals surface area (Å²) in [6.45, 7) is 4.22. The van der Waals surface area contributed by atoms with Gasteiger partial charge in [0.05, 0.1) is 5.56 Å².